The first kappa shape index (κ1) is 15.9. The second-order valence-corrected chi connectivity index (χ2v) is 6.97. The number of carbonyl (C=O) groups is 1. The van der Waals surface area contributed by atoms with E-state index in [-0.39, 0.29) is 23.4 Å². The lowest BCUT2D eigenvalue weighted by Gasteiger charge is -2.23. The average molecular weight is 335 g/mol. The number of pyridine rings is 1. The van der Waals surface area contributed by atoms with Gasteiger partial charge in [0.1, 0.15) is 5.76 Å². The van der Waals surface area contributed by atoms with E-state index in [2.05, 4.69) is 0 Å². The zero-order valence-electron chi connectivity index (χ0n) is 14.2. The van der Waals surface area contributed by atoms with Crippen LogP contribution in [-0.4, -0.2) is 10.9 Å². The van der Waals surface area contributed by atoms with Gasteiger partial charge in [0.15, 0.2) is 12.0 Å². The number of allylic oxidation sites excluding steroid dienone is 2. The van der Waals surface area contributed by atoms with Crippen molar-refractivity contribution >= 4 is 11.4 Å². The molecule has 2 aliphatic rings. The van der Waals surface area contributed by atoms with Crippen LogP contribution in [-0.2, 0) is 11.2 Å². The minimum atomic E-state index is 0.0328. The summed E-state index contributed by atoms with van der Waals surface area (Å²) in [6, 6.07) is 11.0. The molecule has 4 nitrogen and oxygen atoms in total. The summed E-state index contributed by atoms with van der Waals surface area (Å²) in [6.07, 6.45) is 4.74. The number of Topliss-reactive ketones (excluding diaryl/α,β-unsaturated/α-hetero) is 1. The SMILES string of the molecule is CCc1ccc(-c2cccc[n+]2[O-])cc1C1=C(O)C2CCC(C2)C1=O. The van der Waals surface area contributed by atoms with Crippen LogP contribution in [0.15, 0.2) is 48.4 Å². The Morgan fingerprint density at radius 1 is 1.20 bits per heavy atom. The smallest absolute Gasteiger partial charge is 0.223 e. The van der Waals surface area contributed by atoms with Crippen LogP contribution < -0.4 is 4.73 Å². The summed E-state index contributed by atoms with van der Waals surface area (Å²) in [7, 11) is 0. The van der Waals surface area contributed by atoms with Gasteiger partial charge in [-0.1, -0.05) is 13.0 Å². The van der Waals surface area contributed by atoms with Crippen molar-refractivity contribution in [2.75, 3.05) is 0 Å². The number of aryl methyl sites for hydroxylation is 1. The Morgan fingerprint density at radius 3 is 2.76 bits per heavy atom. The number of rotatable bonds is 3. The second kappa shape index (κ2) is 6.03. The van der Waals surface area contributed by atoms with Crippen molar-refractivity contribution in [1.82, 2.24) is 0 Å². The molecule has 0 aliphatic heterocycles. The van der Waals surface area contributed by atoms with E-state index in [1.807, 2.05) is 31.2 Å². The average Bonchev–Trinajstić information content (AvgIpc) is 3.08. The molecule has 1 saturated carbocycles. The largest absolute Gasteiger partial charge is 0.618 e. The number of nitrogens with zero attached hydrogens (tertiary/aromatic N) is 1. The lowest BCUT2D eigenvalue weighted by atomic mass is 9.81. The van der Waals surface area contributed by atoms with E-state index in [4.69, 9.17) is 0 Å². The van der Waals surface area contributed by atoms with E-state index in [0.717, 1.165) is 47.1 Å². The third-order valence-electron chi connectivity index (χ3n) is 5.57. The number of fused-ring (bicyclic) bond motifs is 2. The number of aliphatic hydroxyl groups is 1. The van der Waals surface area contributed by atoms with Gasteiger partial charge in [-0.3, -0.25) is 4.79 Å². The van der Waals surface area contributed by atoms with Gasteiger partial charge in [0.25, 0.3) is 0 Å². The molecule has 0 saturated heterocycles. The van der Waals surface area contributed by atoms with Crippen molar-refractivity contribution in [1.29, 1.82) is 0 Å². The standard InChI is InChI=1S/C21H21NO3/c1-2-13-6-7-14(18-5-3-4-10-22(18)25)12-17(13)19-20(23)15-8-9-16(11-15)21(19)24/h3-7,10,12,15-16,23H,2,8-9,11H2,1H3. The van der Waals surface area contributed by atoms with Crippen molar-refractivity contribution in [2.24, 2.45) is 11.8 Å². The Hall–Kier alpha value is -2.62. The molecule has 4 rings (SSSR count). The third-order valence-corrected chi connectivity index (χ3v) is 5.57. The first-order valence-electron chi connectivity index (χ1n) is 8.89. The number of aromatic nitrogens is 1. The molecule has 2 aromatic rings. The lowest BCUT2D eigenvalue weighted by molar-refractivity contribution is -0.593. The molecule has 128 valence electrons. The van der Waals surface area contributed by atoms with Gasteiger partial charge in [0, 0.05) is 29.5 Å². The molecule has 0 radical (unpaired) electrons. The fourth-order valence-corrected chi connectivity index (χ4v) is 4.20. The van der Waals surface area contributed by atoms with Crippen LogP contribution in [0.4, 0.5) is 0 Å². The minimum absolute atomic E-state index is 0.0328. The van der Waals surface area contributed by atoms with Gasteiger partial charge < -0.3 is 10.3 Å². The molecule has 4 heteroatoms. The Bertz CT molecular complexity index is 884. The number of ketones is 1. The molecular weight excluding hydrogens is 314 g/mol. The summed E-state index contributed by atoms with van der Waals surface area (Å²) < 4.78 is 0.825. The van der Waals surface area contributed by atoms with Crippen molar-refractivity contribution in [3.63, 3.8) is 0 Å². The highest BCUT2D eigenvalue weighted by atomic mass is 16.5. The summed E-state index contributed by atoms with van der Waals surface area (Å²) in [4.78, 5) is 12.9. The molecule has 1 heterocycles. The second-order valence-electron chi connectivity index (χ2n) is 6.97. The predicted octanol–water partition coefficient (Wildman–Crippen LogP) is 3.82. The normalized spacial score (nSPS) is 22.5. The van der Waals surface area contributed by atoms with Crippen molar-refractivity contribution in [3.05, 3.63) is 64.7 Å². The van der Waals surface area contributed by atoms with Crippen molar-refractivity contribution in [2.45, 2.75) is 32.6 Å². The van der Waals surface area contributed by atoms with Crippen LogP contribution in [0.1, 0.15) is 37.3 Å². The maximum Gasteiger partial charge on any atom is 0.223 e. The van der Waals surface area contributed by atoms with Crippen LogP contribution in [0.2, 0.25) is 0 Å². The fraction of sp³-hybridized carbons (Fsp3) is 0.333. The zero-order valence-corrected chi connectivity index (χ0v) is 14.2. The summed E-state index contributed by atoms with van der Waals surface area (Å²) in [6.45, 7) is 2.04. The van der Waals surface area contributed by atoms with Gasteiger partial charge in [0.05, 0.1) is 5.57 Å². The summed E-state index contributed by atoms with van der Waals surface area (Å²) in [5.74, 6) is 0.437. The highest BCUT2D eigenvalue weighted by molar-refractivity contribution is 6.23. The minimum Gasteiger partial charge on any atom is -0.618 e. The first-order chi connectivity index (χ1) is 12.1. The molecule has 0 spiro atoms. The van der Waals surface area contributed by atoms with Gasteiger partial charge in [-0.15, -0.1) is 0 Å². The van der Waals surface area contributed by atoms with Gasteiger partial charge in [-0.05, 0) is 55.0 Å². The van der Waals surface area contributed by atoms with Crippen LogP contribution in [0.5, 0.6) is 0 Å². The Kier molecular flexibility index (Phi) is 3.83. The Balaban J connectivity index is 1.89. The topological polar surface area (TPSA) is 64.2 Å². The van der Waals surface area contributed by atoms with E-state index >= 15 is 0 Å². The first-order valence-corrected chi connectivity index (χ1v) is 8.89. The highest BCUT2D eigenvalue weighted by Gasteiger charge is 2.41. The van der Waals surface area contributed by atoms with E-state index < -0.39 is 0 Å². The molecule has 1 fully saturated rings. The molecule has 2 bridgehead atoms. The van der Waals surface area contributed by atoms with Gasteiger partial charge in [0.2, 0.25) is 5.69 Å². The lowest BCUT2D eigenvalue weighted by Crippen LogP contribution is -2.28. The molecule has 1 aromatic carbocycles. The van der Waals surface area contributed by atoms with Gasteiger partial charge >= 0.3 is 0 Å². The number of carbonyl (C=O) groups excluding carboxylic acids is 1. The maximum atomic E-state index is 12.9. The summed E-state index contributed by atoms with van der Waals surface area (Å²) in [5, 5.41) is 22.8. The van der Waals surface area contributed by atoms with Crippen molar-refractivity contribution < 1.29 is 14.6 Å². The predicted molar refractivity (Wildman–Crippen MR) is 95.6 cm³/mol. The summed E-state index contributed by atoms with van der Waals surface area (Å²) >= 11 is 0. The molecule has 2 unspecified atom stereocenters. The summed E-state index contributed by atoms with van der Waals surface area (Å²) in [5.41, 5.74) is 3.58. The number of hydrogen-bond acceptors (Lipinski definition) is 3. The molecule has 1 N–H and O–H groups in total. The zero-order chi connectivity index (χ0) is 17.6. The highest BCUT2D eigenvalue weighted by Crippen LogP contribution is 2.46. The monoisotopic (exact) mass is 335 g/mol. The fourth-order valence-electron chi connectivity index (χ4n) is 4.20. The molecule has 0 amide bonds. The molecule has 25 heavy (non-hydrogen) atoms. The van der Waals surface area contributed by atoms with Gasteiger partial charge in [-0.2, -0.15) is 4.73 Å². The molecule has 2 aliphatic carbocycles. The molecule has 1 aromatic heterocycles. The quantitative estimate of drug-likeness (QED) is 0.685. The van der Waals surface area contributed by atoms with E-state index in [0.29, 0.717) is 11.3 Å². The number of hydrogen-bond donors (Lipinski definition) is 1. The van der Waals surface area contributed by atoms with Crippen LogP contribution in [0.25, 0.3) is 16.8 Å². The Labute approximate surface area is 147 Å². The Morgan fingerprint density at radius 2 is 2.00 bits per heavy atom. The maximum absolute atomic E-state index is 12.9. The van der Waals surface area contributed by atoms with Crippen LogP contribution >= 0.6 is 0 Å². The van der Waals surface area contributed by atoms with Crippen LogP contribution in [0, 0.1) is 17.0 Å². The molecule has 2 atom stereocenters. The molecular formula is C21H21NO3. The van der Waals surface area contributed by atoms with E-state index in [1.54, 1.807) is 12.1 Å². The number of aliphatic hydroxyl groups excluding tert-OH is 1. The van der Waals surface area contributed by atoms with Crippen molar-refractivity contribution in [3.8, 4) is 11.3 Å². The third kappa shape index (κ3) is 2.53. The van der Waals surface area contributed by atoms with Crippen LogP contribution in [0.3, 0.4) is 0 Å². The van der Waals surface area contributed by atoms with E-state index in [1.165, 1.54) is 6.20 Å². The van der Waals surface area contributed by atoms with Gasteiger partial charge in [-0.25, -0.2) is 0 Å². The number of benzene rings is 1. The van der Waals surface area contributed by atoms with E-state index in [9.17, 15) is 15.1 Å².